The molecule has 82 valence electrons. The predicted octanol–water partition coefficient (Wildman–Crippen LogP) is 3.46. The summed E-state index contributed by atoms with van der Waals surface area (Å²) in [6.45, 7) is 7.61. The third kappa shape index (κ3) is 1.74. The van der Waals surface area contributed by atoms with Crippen LogP contribution in [0, 0.1) is 18.3 Å². The molecule has 1 aliphatic rings. The van der Waals surface area contributed by atoms with E-state index in [0.717, 1.165) is 6.54 Å². The van der Waals surface area contributed by atoms with Crippen molar-refractivity contribution in [3.63, 3.8) is 0 Å². The molecule has 0 amide bonds. The van der Waals surface area contributed by atoms with Crippen molar-refractivity contribution in [3.05, 3.63) is 33.8 Å². The molecule has 1 aliphatic carbocycles. The van der Waals surface area contributed by atoms with Gasteiger partial charge in [-0.3, -0.25) is 0 Å². The molecule has 1 saturated carbocycles. The van der Waals surface area contributed by atoms with Gasteiger partial charge in [0.05, 0.1) is 0 Å². The van der Waals surface area contributed by atoms with Crippen LogP contribution in [0.4, 0.5) is 0 Å². The molecule has 2 N–H and O–H groups in total. The van der Waals surface area contributed by atoms with Gasteiger partial charge in [0.1, 0.15) is 0 Å². The van der Waals surface area contributed by atoms with Crippen molar-refractivity contribution in [1.82, 2.24) is 0 Å². The highest BCUT2D eigenvalue weighted by atomic mass is 79.9. The zero-order chi connectivity index (χ0) is 11.2. The van der Waals surface area contributed by atoms with E-state index in [1.165, 1.54) is 15.6 Å². The van der Waals surface area contributed by atoms with Gasteiger partial charge in [-0.1, -0.05) is 35.8 Å². The van der Waals surface area contributed by atoms with E-state index in [1.54, 1.807) is 0 Å². The first-order valence-electron chi connectivity index (χ1n) is 5.44. The Balaban J connectivity index is 2.36. The Kier molecular flexibility index (Phi) is 2.68. The molecule has 1 nitrogen and oxygen atoms in total. The molecule has 0 bridgehead atoms. The molecular formula is C13H18BrN. The van der Waals surface area contributed by atoms with Gasteiger partial charge in [-0.25, -0.2) is 0 Å². The minimum Gasteiger partial charge on any atom is -0.330 e. The topological polar surface area (TPSA) is 26.0 Å². The van der Waals surface area contributed by atoms with E-state index in [1.807, 2.05) is 0 Å². The maximum absolute atomic E-state index is 5.81. The SMILES string of the molecule is Cc1ccc(Br)cc1[C@@H]1[C@@H](CN)C1(C)C. The van der Waals surface area contributed by atoms with Crippen molar-refractivity contribution in [3.8, 4) is 0 Å². The van der Waals surface area contributed by atoms with E-state index >= 15 is 0 Å². The largest absolute Gasteiger partial charge is 0.330 e. The zero-order valence-corrected chi connectivity index (χ0v) is 11.1. The van der Waals surface area contributed by atoms with E-state index in [-0.39, 0.29) is 0 Å². The van der Waals surface area contributed by atoms with Crippen LogP contribution < -0.4 is 5.73 Å². The third-order valence-corrected chi connectivity index (χ3v) is 4.37. The molecule has 2 rings (SSSR count). The second-order valence-corrected chi connectivity index (χ2v) is 6.06. The van der Waals surface area contributed by atoms with Crippen LogP contribution in [0.3, 0.4) is 0 Å². The third-order valence-electron chi connectivity index (χ3n) is 3.88. The van der Waals surface area contributed by atoms with Crippen LogP contribution in [0.15, 0.2) is 22.7 Å². The average Bonchev–Trinajstić information content (AvgIpc) is 2.72. The highest BCUT2D eigenvalue weighted by molar-refractivity contribution is 9.10. The molecule has 2 atom stereocenters. The lowest BCUT2D eigenvalue weighted by Crippen LogP contribution is -2.05. The van der Waals surface area contributed by atoms with Crippen LogP contribution in [-0.2, 0) is 0 Å². The lowest BCUT2D eigenvalue weighted by Gasteiger charge is -2.07. The van der Waals surface area contributed by atoms with E-state index < -0.39 is 0 Å². The van der Waals surface area contributed by atoms with Crippen LogP contribution in [0.5, 0.6) is 0 Å². The van der Waals surface area contributed by atoms with Crippen molar-refractivity contribution in [2.75, 3.05) is 6.54 Å². The van der Waals surface area contributed by atoms with Gasteiger partial charge in [-0.2, -0.15) is 0 Å². The normalized spacial score (nSPS) is 27.8. The number of benzene rings is 1. The lowest BCUT2D eigenvalue weighted by molar-refractivity contribution is 0.558. The summed E-state index contributed by atoms with van der Waals surface area (Å²) in [5, 5.41) is 0. The lowest BCUT2D eigenvalue weighted by atomic mass is 9.99. The number of nitrogens with two attached hydrogens (primary N) is 1. The molecule has 2 heteroatoms. The molecule has 0 unspecified atom stereocenters. The minimum atomic E-state index is 0.375. The molecule has 1 aromatic rings. The quantitative estimate of drug-likeness (QED) is 0.873. The number of rotatable bonds is 2. The molecule has 0 spiro atoms. The fraction of sp³-hybridized carbons (Fsp3) is 0.538. The standard InChI is InChI=1S/C13H18BrN/c1-8-4-5-9(14)6-10(8)12-11(7-15)13(12,2)3/h4-6,11-12H,7,15H2,1-3H3/t11-,12-/m1/s1. The van der Waals surface area contributed by atoms with Crippen LogP contribution in [-0.4, -0.2) is 6.54 Å². The Morgan fingerprint density at radius 2 is 2.07 bits per heavy atom. The predicted molar refractivity (Wildman–Crippen MR) is 67.9 cm³/mol. The highest BCUT2D eigenvalue weighted by Gasteiger charge is 2.57. The van der Waals surface area contributed by atoms with Gasteiger partial charge in [0.2, 0.25) is 0 Å². The molecule has 0 aliphatic heterocycles. The number of halogens is 1. The summed E-state index contributed by atoms with van der Waals surface area (Å²) in [5.74, 6) is 1.28. The highest BCUT2D eigenvalue weighted by Crippen LogP contribution is 2.64. The minimum absolute atomic E-state index is 0.375. The molecule has 0 aromatic heterocycles. The molecule has 1 fully saturated rings. The van der Waals surface area contributed by atoms with Crippen molar-refractivity contribution in [1.29, 1.82) is 0 Å². The summed E-state index contributed by atoms with van der Waals surface area (Å²) < 4.78 is 1.17. The van der Waals surface area contributed by atoms with E-state index in [2.05, 4.69) is 54.9 Å². The average molecular weight is 268 g/mol. The van der Waals surface area contributed by atoms with E-state index in [4.69, 9.17) is 5.73 Å². The van der Waals surface area contributed by atoms with Gasteiger partial charge in [-0.05, 0) is 54.0 Å². The molecule has 15 heavy (non-hydrogen) atoms. The summed E-state index contributed by atoms with van der Waals surface area (Å²) >= 11 is 3.54. The second kappa shape index (κ2) is 3.60. The summed E-state index contributed by atoms with van der Waals surface area (Å²) in [7, 11) is 0. The smallest absolute Gasteiger partial charge is 0.0178 e. The van der Waals surface area contributed by atoms with Gasteiger partial charge in [0.15, 0.2) is 0 Å². The summed E-state index contributed by atoms with van der Waals surface area (Å²) in [4.78, 5) is 0. The first-order valence-corrected chi connectivity index (χ1v) is 6.24. The number of aryl methyl sites for hydroxylation is 1. The van der Waals surface area contributed by atoms with Crippen molar-refractivity contribution in [2.24, 2.45) is 17.1 Å². The first kappa shape index (κ1) is 11.2. The second-order valence-electron chi connectivity index (χ2n) is 5.14. The molecule has 0 heterocycles. The number of hydrogen-bond donors (Lipinski definition) is 1. The summed E-state index contributed by atoms with van der Waals surface area (Å²) in [6.07, 6.45) is 0. The van der Waals surface area contributed by atoms with Crippen molar-refractivity contribution < 1.29 is 0 Å². The Morgan fingerprint density at radius 3 is 2.60 bits per heavy atom. The first-order chi connectivity index (χ1) is 6.98. The Labute approximate surface area is 100 Å². The van der Waals surface area contributed by atoms with E-state index in [9.17, 15) is 0 Å². The van der Waals surface area contributed by atoms with Crippen molar-refractivity contribution in [2.45, 2.75) is 26.7 Å². The molecule has 0 radical (unpaired) electrons. The Bertz CT molecular complexity index is 384. The van der Waals surface area contributed by atoms with Gasteiger partial charge in [0.25, 0.3) is 0 Å². The molecule has 1 aromatic carbocycles. The number of hydrogen-bond acceptors (Lipinski definition) is 1. The van der Waals surface area contributed by atoms with Crippen LogP contribution in [0.25, 0.3) is 0 Å². The van der Waals surface area contributed by atoms with Crippen molar-refractivity contribution >= 4 is 15.9 Å². The monoisotopic (exact) mass is 267 g/mol. The van der Waals surface area contributed by atoms with Crippen LogP contribution >= 0.6 is 15.9 Å². The Morgan fingerprint density at radius 1 is 1.40 bits per heavy atom. The maximum Gasteiger partial charge on any atom is 0.0178 e. The summed E-state index contributed by atoms with van der Waals surface area (Å²) in [5.41, 5.74) is 9.03. The van der Waals surface area contributed by atoms with E-state index in [0.29, 0.717) is 17.3 Å². The fourth-order valence-electron chi connectivity index (χ4n) is 2.75. The Hall–Kier alpha value is -0.340. The molecule has 0 saturated heterocycles. The molecular weight excluding hydrogens is 250 g/mol. The van der Waals surface area contributed by atoms with Crippen LogP contribution in [0.2, 0.25) is 0 Å². The zero-order valence-electron chi connectivity index (χ0n) is 9.55. The van der Waals surface area contributed by atoms with Gasteiger partial charge in [-0.15, -0.1) is 0 Å². The summed E-state index contributed by atoms with van der Waals surface area (Å²) in [6, 6.07) is 6.53. The fourth-order valence-corrected chi connectivity index (χ4v) is 3.13. The van der Waals surface area contributed by atoms with Gasteiger partial charge < -0.3 is 5.73 Å². The maximum atomic E-state index is 5.81. The van der Waals surface area contributed by atoms with Gasteiger partial charge >= 0.3 is 0 Å². The van der Waals surface area contributed by atoms with Crippen LogP contribution in [0.1, 0.15) is 30.9 Å². The van der Waals surface area contributed by atoms with Gasteiger partial charge in [0, 0.05) is 4.47 Å².